The van der Waals surface area contributed by atoms with E-state index in [4.69, 9.17) is 5.11 Å². The van der Waals surface area contributed by atoms with Crippen LogP contribution >= 0.6 is 0 Å². The van der Waals surface area contributed by atoms with E-state index in [2.05, 4.69) is 4.74 Å². The molecule has 90 valence electrons. The van der Waals surface area contributed by atoms with Crippen molar-refractivity contribution < 1.29 is 36.2 Å². The number of phenolic OH excluding ortho intramolecular Hbond substituents is 1. The van der Waals surface area contributed by atoms with Gasteiger partial charge in [-0.15, -0.1) is 13.2 Å². The zero-order valence-electron chi connectivity index (χ0n) is 7.36. The van der Waals surface area contributed by atoms with E-state index in [1.165, 1.54) is 0 Å². The predicted octanol–water partition coefficient (Wildman–Crippen LogP) is 3.31. The van der Waals surface area contributed by atoms with Crippen LogP contribution in [0.5, 0.6) is 11.5 Å². The minimum Gasteiger partial charge on any atom is -0.507 e. The van der Waals surface area contributed by atoms with Gasteiger partial charge in [0.2, 0.25) is 0 Å². The lowest BCUT2D eigenvalue weighted by Crippen LogP contribution is -2.20. The van der Waals surface area contributed by atoms with Crippen molar-refractivity contribution in [3.8, 4) is 11.5 Å². The summed E-state index contributed by atoms with van der Waals surface area (Å²) in [4.78, 5) is 0. The number of ether oxygens (including phenoxy) is 1. The van der Waals surface area contributed by atoms with Gasteiger partial charge in [-0.1, -0.05) is 6.07 Å². The molecule has 0 unspecified atom stereocenters. The van der Waals surface area contributed by atoms with Crippen molar-refractivity contribution in [1.82, 2.24) is 0 Å². The van der Waals surface area contributed by atoms with Crippen molar-refractivity contribution >= 4 is 0 Å². The molecular formula is C8H4F6O2. The molecular weight excluding hydrogens is 242 g/mol. The summed E-state index contributed by atoms with van der Waals surface area (Å²) in [6, 6.07) is 1.90. The highest BCUT2D eigenvalue weighted by Crippen LogP contribution is 2.43. The first-order valence-electron chi connectivity index (χ1n) is 3.76. The normalized spacial score (nSPS) is 12.6. The van der Waals surface area contributed by atoms with Crippen LogP contribution in [0.25, 0.3) is 0 Å². The van der Waals surface area contributed by atoms with Crippen molar-refractivity contribution in [2.45, 2.75) is 12.5 Å². The van der Waals surface area contributed by atoms with Gasteiger partial charge < -0.3 is 9.84 Å². The van der Waals surface area contributed by atoms with Crippen LogP contribution in [0.4, 0.5) is 26.3 Å². The quantitative estimate of drug-likeness (QED) is 0.770. The molecule has 0 amide bonds. The second kappa shape index (κ2) is 3.76. The summed E-state index contributed by atoms with van der Waals surface area (Å²) in [6.07, 6.45) is -10.4. The van der Waals surface area contributed by atoms with Gasteiger partial charge in [0.25, 0.3) is 0 Å². The molecule has 0 radical (unpaired) electrons. The van der Waals surface area contributed by atoms with Gasteiger partial charge in [0.15, 0.2) is 0 Å². The molecule has 1 N–H and O–H groups in total. The van der Waals surface area contributed by atoms with Crippen molar-refractivity contribution in [2.75, 3.05) is 0 Å². The summed E-state index contributed by atoms with van der Waals surface area (Å²) >= 11 is 0. The molecule has 0 atom stereocenters. The number of aromatic hydroxyl groups is 1. The summed E-state index contributed by atoms with van der Waals surface area (Å²) in [5.74, 6) is -2.81. The van der Waals surface area contributed by atoms with E-state index in [0.29, 0.717) is 12.1 Å². The first-order valence-corrected chi connectivity index (χ1v) is 3.76. The summed E-state index contributed by atoms with van der Waals surface area (Å²) in [6.45, 7) is 0. The highest BCUT2D eigenvalue weighted by Gasteiger charge is 2.41. The minimum absolute atomic E-state index is 0.468. The van der Waals surface area contributed by atoms with E-state index in [1.54, 1.807) is 0 Å². The molecule has 0 aliphatic rings. The van der Waals surface area contributed by atoms with E-state index < -0.39 is 29.6 Å². The molecule has 0 aromatic heterocycles. The summed E-state index contributed by atoms with van der Waals surface area (Å²) in [5.41, 5.74) is -1.85. The third kappa shape index (κ3) is 2.94. The molecule has 0 bridgehead atoms. The molecule has 0 aliphatic carbocycles. The van der Waals surface area contributed by atoms with Crippen molar-refractivity contribution in [3.63, 3.8) is 0 Å². The molecule has 0 fully saturated rings. The van der Waals surface area contributed by atoms with Crippen LogP contribution in [0.2, 0.25) is 0 Å². The molecule has 0 saturated heterocycles. The van der Waals surface area contributed by atoms with Gasteiger partial charge in [-0.25, -0.2) is 0 Å². The molecule has 0 saturated carbocycles. The molecule has 2 nitrogen and oxygen atoms in total. The highest BCUT2D eigenvalue weighted by atomic mass is 19.4. The van der Waals surface area contributed by atoms with Gasteiger partial charge in [-0.3, -0.25) is 0 Å². The first-order chi connectivity index (χ1) is 7.11. The monoisotopic (exact) mass is 246 g/mol. The topological polar surface area (TPSA) is 29.5 Å². The Morgan fingerprint density at radius 3 is 2.00 bits per heavy atom. The van der Waals surface area contributed by atoms with E-state index in [0.717, 1.165) is 6.07 Å². The molecule has 0 aliphatic heterocycles. The smallest absolute Gasteiger partial charge is 0.507 e. The molecule has 1 aromatic rings. The van der Waals surface area contributed by atoms with E-state index in [9.17, 15) is 26.3 Å². The van der Waals surface area contributed by atoms with Crippen LogP contribution in [-0.4, -0.2) is 11.5 Å². The standard InChI is InChI=1S/C8H4F6O2/c9-7(10,11)6-4(15)2-1-3-5(6)16-8(12,13)14/h1-3,15H. The number of hydrogen-bond acceptors (Lipinski definition) is 2. The SMILES string of the molecule is Oc1cccc(OC(F)(F)F)c1C(F)(F)F. The minimum atomic E-state index is -5.26. The van der Waals surface area contributed by atoms with Gasteiger partial charge in [0.1, 0.15) is 17.1 Å². The van der Waals surface area contributed by atoms with Gasteiger partial charge in [-0.05, 0) is 12.1 Å². The molecule has 1 rings (SSSR count). The number of alkyl halides is 6. The highest BCUT2D eigenvalue weighted by molar-refractivity contribution is 5.45. The third-order valence-electron chi connectivity index (χ3n) is 1.51. The fourth-order valence-corrected chi connectivity index (χ4v) is 1.01. The van der Waals surface area contributed by atoms with Crippen molar-refractivity contribution in [3.05, 3.63) is 23.8 Å². The summed E-state index contributed by atoms with van der Waals surface area (Å²) < 4.78 is 75.3. The molecule has 16 heavy (non-hydrogen) atoms. The van der Waals surface area contributed by atoms with Crippen LogP contribution in [0.15, 0.2) is 18.2 Å². The Bertz CT molecular complexity index is 381. The Morgan fingerprint density at radius 1 is 1.00 bits per heavy atom. The van der Waals surface area contributed by atoms with Crippen LogP contribution < -0.4 is 4.74 Å². The van der Waals surface area contributed by atoms with E-state index >= 15 is 0 Å². The summed E-state index contributed by atoms with van der Waals surface area (Å²) in [7, 11) is 0. The predicted molar refractivity (Wildman–Crippen MR) is 39.8 cm³/mol. The van der Waals surface area contributed by atoms with Crippen LogP contribution in [0, 0.1) is 0 Å². The van der Waals surface area contributed by atoms with Gasteiger partial charge in [0, 0.05) is 0 Å². The van der Waals surface area contributed by atoms with Crippen molar-refractivity contribution in [2.24, 2.45) is 0 Å². The Kier molecular flexibility index (Phi) is 2.93. The number of benzene rings is 1. The Balaban J connectivity index is 3.24. The second-order valence-corrected chi connectivity index (χ2v) is 2.70. The van der Waals surface area contributed by atoms with Crippen molar-refractivity contribution in [1.29, 1.82) is 0 Å². The number of halogens is 6. The Hall–Kier alpha value is -1.60. The average Bonchev–Trinajstić information content (AvgIpc) is 1.97. The maximum atomic E-state index is 12.3. The van der Waals surface area contributed by atoms with E-state index in [1.807, 2.05) is 0 Å². The largest absolute Gasteiger partial charge is 0.573 e. The lowest BCUT2D eigenvalue weighted by molar-refractivity contribution is -0.276. The van der Waals surface area contributed by atoms with Crippen LogP contribution in [0.3, 0.4) is 0 Å². The molecule has 0 spiro atoms. The van der Waals surface area contributed by atoms with E-state index in [-0.39, 0.29) is 0 Å². The van der Waals surface area contributed by atoms with Crippen LogP contribution in [-0.2, 0) is 6.18 Å². The van der Waals surface area contributed by atoms with Gasteiger partial charge in [-0.2, -0.15) is 13.2 Å². The molecule has 8 heteroatoms. The fraction of sp³-hybridized carbons (Fsp3) is 0.250. The van der Waals surface area contributed by atoms with Gasteiger partial charge >= 0.3 is 12.5 Å². The third-order valence-corrected chi connectivity index (χ3v) is 1.51. The lowest BCUT2D eigenvalue weighted by Gasteiger charge is -2.15. The zero-order chi connectivity index (χ0) is 12.6. The number of rotatable bonds is 1. The molecule has 1 aromatic carbocycles. The average molecular weight is 246 g/mol. The Labute approximate surface area is 85.1 Å². The first kappa shape index (κ1) is 12.5. The zero-order valence-corrected chi connectivity index (χ0v) is 7.36. The maximum absolute atomic E-state index is 12.3. The van der Waals surface area contributed by atoms with Crippen LogP contribution in [0.1, 0.15) is 5.56 Å². The molecule has 0 heterocycles. The van der Waals surface area contributed by atoms with Gasteiger partial charge in [0.05, 0.1) is 0 Å². The fourth-order valence-electron chi connectivity index (χ4n) is 1.01. The Morgan fingerprint density at radius 2 is 1.56 bits per heavy atom. The second-order valence-electron chi connectivity index (χ2n) is 2.70. The lowest BCUT2D eigenvalue weighted by atomic mass is 10.1. The number of phenols is 1. The summed E-state index contributed by atoms with van der Waals surface area (Å²) in [5, 5.41) is 8.86. The maximum Gasteiger partial charge on any atom is 0.573 e. The number of hydrogen-bond donors (Lipinski definition) is 1.